The van der Waals surface area contributed by atoms with E-state index in [2.05, 4.69) is 48.5 Å². The van der Waals surface area contributed by atoms with E-state index in [0.29, 0.717) is 29.6 Å². The summed E-state index contributed by atoms with van der Waals surface area (Å²) in [5.41, 5.74) is 3.43. The lowest BCUT2D eigenvalue weighted by atomic mass is 9.92. The number of alkyl carbamates (subject to hydrolysis) is 1. The number of benzene rings is 2. The molecule has 3 N–H and O–H groups in total. The predicted octanol–water partition coefficient (Wildman–Crippen LogP) is 9.26. The highest BCUT2D eigenvalue weighted by Crippen LogP contribution is 2.34. The Labute approximate surface area is 311 Å². The molecule has 0 heterocycles. The minimum absolute atomic E-state index is 0.0249. The van der Waals surface area contributed by atoms with Gasteiger partial charge in [0.2, 0.25) is 6.29 Å². The summed E-state index contributed by atoms with van der Waals surface area (Å²) in [5, 5.41) is 8.60. The van der Waals surface area contributed by atoms with Crippen LogP contribution in [0.5, 0.6) is 0 Å². The third kappa shape index (κ3) is 15.1. The summed E-state index contributed by atoms with van der Waals surface area (Å²) in [6.07, 6.45) is -1.26. The lowest BCUT2D eigenvalue weighted by Gasteiger charge is -2.31. The second kappa shape index (κ2) is 20.1. The van der Waals surface area contributed by atoms with E-state index in [4.69, 9.17) is 14.2 Å². The van der Waals surface area contributed by atoms with E-state index < -0.39 is 36.0 Å². The number of anilines is 3. The number of rotatable bonds is 17. The molecule has 3 unspecified atom stereocenters. The normalized spacial score (nSPS) is 13.4. The Morgan fingerprint density at radius 2 is 1.38 bits per heavy atom. The molecule has 0 radical (unpaired) electrons. The van der Waals surface area contributed by atoms with E-state index in [-0.39, 0.29) is 30.2 Å². The second-order valence-corrected chi connectivity index (χ2v) is 16.1. The molecule has 11 heteroatoms. The Morgan fingerprint density at radius 3 is 1.88 bits per heavy atom. The van der Waals surface area contributed by atoms with E-state index in [0.717, 1.165) is 29.9 Å². The van der Waals surface area contributed by atoms with Crippen molar-refractivity contribution in [3.63, 3.8) is 0 Å². The molecule has 0 aliphatic heterocycles. The zero-order chi connectivity index (χ0) is 39.3. The van der Waals surface area contributed by atoms with Crippen molar-refractivity contribution in [2.45, 2.75) is 127 Å². The number of urea groups is 1. The Kier molecular flexibility index (Phi) is 17.0. The summed E-state index contributed by atoms with van der Waals surface area (Å²) in [7, 11) is 0. The van der Waals surface area contributed by atoms with Gasteiger partial charge in [-0.15, -0.1) is 0 Å². The van der Waals surface area contributed by atoms with E-state index in [1.807, 2.05) is 56.3 Å². The van der Waals surface area contributed by atoms with Crippen LogP contribution in [0.25, 0.3) is 0 Å². The first-order chi connectivity index (χ1) is 24.2. The van der Waals surface area contributed by atoms with Crippen LogP contribution in [0.4, 0.5) is 26.7 Å². The van der Waals surface area contributed by atoms with Crippen LogP contribution in [0.15, 0.2) is 42.5 Å². The summed E-state index contributed by atoms with van der Waals surface area (Å²) < 4.78 is 16.8. The molecule has 0 spiro atoms. The van der Waals surface area contributed by atoms with E-state index in [9.17, 15) is 19.2 Å². The third-order valence-electron chi connectivity index (χ3n) is 8.08. The molecule has 0 aromatic heterocycles. The third-order valence-corrected chi connectivity index (χ3v) is 8.08. The van der Waals surface area contributed by atoms with E-state index >= 15 is 0 Å². The fourth-order valence-corrected chi connectivity index (χ4v) is 5.55. The molecule has 3 amide bonds. The molecular formula is C41H64N4O7. The molecule has 290 valence electrons. The maximum Gasteiger partial charge on any atom is 0.408 e. The first kappa shape index (κ1) is 43.9. The first-order valence-corrected chi connectivity index (χ1v) is 18.6. The van der Waals surface area contributed by atoms with Crippen LogP contribution in [-0.4, -0.2) is 55.1 Å². The molecule has 52 heavy (non-hydrogen) atoms. The lowest BCUT2D eigenvalue weighted by molar-refractivity contribution is -0.198. The predicted molar refractivity (Wildman–Crippen MR) is 209 cm³/mol. The monoisotopic (exact) mass is 724 g/mol. The zero-order valence-electron chi connectivity index (χ0n) is 33.7. The summed E-state index contributed by atoms with van der Waals surface area (Å²) in [5.74, 6) is -1.38. The van der Waals surface area contributed by atoms with Crippen LogP contribution in [0.3, 0.4) is 0 Å². The molecule has 0 fully saturated rings. The Bertz CT molecular complexity index is 1450. The fraction of sp³-hybridized carbons (Fsp3) is 0.610. The van der Waals surface area contributed by atoms with Gasteiger partial charge in [0.15, 0.2) is 0 Å². The van der Waals surface area contributed by atoms with Crippen molar-refractivity contribution >= 4 is 41.1 Å². The minimum atomic E-state index is -1.16. The molecule has 0 aliphatic carbocycles. The van der Waals surface area contributed by atoms with Crippen LogP contribution < -0.4 is 20.9 Å². The van der Waals surface area contributed by atoms with Gasteiger partial charge < -0.3 is 35.1 Å². The number of hydrogen-bond acceptors (Lipinski definition) is 8. The molecule has 2 aromatic rings. The van der Waals surface area contributed by atoms with Gasteiger partial charge in [0.25, 0.3) is 0 Å². The average molecular weight is 725 g/mol. The number of amides is 3. The van der Waals surface area contributed by atoms with Crippen LogP contribution in [0.1, 0.15) is 113 Å². The zero-order valence-corrected chi connectivity index (χ0v) is 33.7. The van der Waals surface area contributed by atoms with Gasteiger partial charge in [0.05, 0.1) is 17.8 Å². The van der Waals surface area contributed by atoms with Crippen molar-refractivity contribution in [3.05, 3.63) is 53.6 Å². The van der Waals surface area contributed by atoms with Gasteiger partial charge in [0.1, 0.15) is 11.6 Å². The molecule has 0 saturated heterocycles. The van der Waals surface area contributed by atoms with Crippen LogP contribution >= 0.6 is 0 Å². The topological polar surface area (TPSA) is 135 Å². The second-order valence-electron chi connectivity index (χ2n) is 16.1. The van der Waals surface area contributed by atoms with Crippen molar-refractivity contribution in [1.82, 2.24) is 5.32 Å². The quantitative estimate of drug-likeness (QED) is 0.109. The number of ether oxygens (including phenoxy) is 3. The Morgan fingerprint density at radius 1 is 0.788 bits per heavy atom. The van der Waals surface area contributed by atoms with Crippen molar-refractivity contribution < 1.29 is 33.4 Å². The molecule has 11 nitrogen and oxygen atoms in total. The van der Waals surface area contributed by atoms with Crippen molar-refractivity contribution in [3.8, 4) is 0 Å². The maximum absolute atomic E-state index is 13.4. The molecular weight excluding hydrogens is 660 g/mol. The smallest absolute Gasteiger partial charge is 0.408 e. The van der Waals surface area contributed by atoms with Gasteiger partial charge in [0, 0.05) is 24.7 Å². The summed E-state index contributed by atoms with van der Waals surface area (Å²) in [6, 6.07) is 12.2. The number of nitrogens with zero attached hydrogens (tertiary/aromatic N) is 1. The Hall–Kier alpha value is -4.28. The SMILES string of the molecule is CCC(CC(=O)OC(OC(=O)C(NC(=O)OC(C)(C)C)C(C)C)C(C)C)c1ccc(N(CC(C)C)CC(C)C)c(NC(=O)Nc2ccc(C)cc2)c1. The van der Waals surface area contributed by atoms with Crippen molar-refractivity contribution in [1.29, 1.82) is 0 Å². The van der Waals surface area contributed by atoms with Crippen molar-refractivity contribution in [2.24, 2.45) is 23.7 Å². The number of carbonyl (C=O) groups is 4. The molecule has 0 bridgehead atoms. The van der Waals surface area contributed by atoms with Gasteiger partial charge in [-0.1, -0.05) is 86.1 Å². The number of nitrogens with one attached hydrogen (secondary N) is 3. The first-order valence-electron chi connectivity index (χ1n) is 18.6. The van der Waals surface area contributed by atoms with Crippen LogP contribution in [0, 0.1) is 30.6 Å². The van der Waals surface area contributed by atoms with E-state index in [1.54, 1.807) is 48.5 Å². The van der Waals surface area contributed by atoms with Crippen molar-refractivity contribution in [2.75, 3.05) is 28.6 Å². The van der Waals surface area contributed by atoms with Gasteiger partial charge in [-0.3, -0.25) is 4.79 Å². The standard InChI is InChI=1S/C41H64N4O7/c1-14-30(22-35(46)50-38(28(8)9)51-37(47)36(27(6)7)44-40(49)52-41(11,12)13)31-17-20-34(45(23-25(2)3)24-26(4)5)33(21-31)43-39(48)42-32-18-15-29(10)16-19-32/h15-21,25-28,30,36,38H,14,22-24H2,1-13H3,(H,44,49)(H2,42,43,48). The van der Waals surface area contributed by atoms with Gasteiger partial charge in [-0.25, -0.2) is 14.4 Å². The number of aryl methyl sites for hydroxylation is 1. The lowest BCUT2D eigenvalue weighted by Crippen LogP contribution is -2.48. The van der Waals surface area contributed by atoms with Crippen LogP contribution in [-0.2, 0) is 23.8 Å². The largest absolute Gasteiger partial charge is 0.444 e. The molecule has 3 atom stereocenters. The number of carbonyl (C=O) groups excluding carboxylic acids is 4. The summed E-state index contributed by atoms with van der Waals surface area (Å²) in [4.78, 5) is 54.7. The highest BCUT2D eigenvalue weighted by molar-refractivity contribution is 6.02. The molecule has 2 rings (SSSR count). The Balaban J connectivity index is 2.32. The average Bonchev–Trinajstić information content (AvgIpc) is 3.01. The van der Waals surface area contributed by atoms with Gasteiger partial charge in [-0.05, 0) is 87.6 Å². The highest BCUT2D eigenvalue weighted by Gasteiger charge is 2.33. The number of esters is 2. The maximum atomic E-state index is 13.4. The summed E-state index contributed by atoms with van der Waals surface area (Å²) in [6.45, 7) is 26.6. The highest BCUT2D eigenvalue weighted by atomic mass is 16.7. The summed E-state index contributed by atoms with van der Waals surface area (Å²) >= 11 is 0. The minimum Gasteiger partial charge on any atom is -0.444 e. The van der Waals surface area contributed by atoms with Gasteiger partial charge >= 0.3 is 24.1 Å². The van der Waals surface area contributed by atoms with Gasteiger partial charge in [-0.2, -0.15) is 0 Å². The number of hydrogen-bond donors (Lipinski definition) is 3. The fourth-order valence-electron chi connectivity index (χ4n) is 5.55. The molecule has 2 aromatic carbocycles. The molecule has 0 saturated carbocycles. The van der Waals surface area contributed by atoms with Crippen LogP contribution in [0.2, 0.25) is 0 Å². The van der Waals surface area contributed by atoms with E-state index in [1.165, 1.54) is 0 Å². The molecule has 0 aliphatic rings.